The van der Waals surface area contributed by atoms with Gasteiger partial charge in [0.05, 0.1) is 6.20 Å². The van der Waals surface area contributed by atoms with Crippen LogP contribution in [0, 0.1) is 0 Å². The molecule has 34 heavy (non-hydrogen) atoms. The number of benzene rings is 2. The molecule has 176 valence electrons. The van der Waals surface area contributed by atoms with Crippen LogP contribution in [-0.2, 0) is 17.8 Å². The zero-order chi connectivity index (χ0) is 23.9. The molecule has 8 heteroatoms. The van der Waals surface area contributed by atoms with Gasteiger partial charge in [0.15, 0.2) is 11.6 Å². The molecule has 2 heterocycles. The van der Waals surface area contributed by atoms with Crippen LogP contribution in [0.1, 0.15) is 11.1 Å². The van der Waals surface area contributed by atoms with E-state index < -0.39 is 0 Å². The van der Waals surface area contributed by atoms with Crippen LogP contribution < -0.4 is 15.5 Å². The molecule has 0 amide bonds. The lowest BCUT2D eigenvalue weighted by Gasteiger charge is -2.34. The first kappa shape index (κ1) is 23.7. The van der Waals surface area contributed by atoms with Crippen LogP contribution in [0.25, 0.3) is 0 Å². The van der Waals surface area contributed by atoms with Gasteiger partial charge in [0, 0.05) is 50.5 Å². The average molecular weight is 477 g/mol. The molecule has 1 fully saturated rings. The Kier molecular flexibility index (Phi) is 7.77. The summed E-state index contributed by atoms with van der Waals surface area (Å²) in [6.07, 6.45) is 3.27. The minimum atomic E-state index is -0.00349. The van der Waals surface area contributed by atoms with E-state index in [-0.39, 0.29) is 5.78 Å². The summed E-state index contributed by atoms with van der Waals surface area (Å²) in [5, 5.41) is 6.96. The van der Waals surface area contributed by atoms with E-state index in [1.807, 2.05) is 36.4 Å². The molecule has 1 aromatic heterocycles. The lowest BCUT2D eigenvalue weighted by molar-refractivity contribution is -0.114. The molecular formula is C26H29ClN6O. The quantitative estimate of drug-likeness (QED) is 0.439. The summed E-state index contributed by atoms with van der Waals surface area (Å²) < 4.78 is 0. The summed E-state index contributed by atoms with van der Waals surface area (Å²) in [6.45, 7) is 8.27. The third-order valence-electron chi connectivity index (χ3n) is 5.79. The van der Waals surface area contributed by atoms with Crippen molar-refractivity contribution in [1.82, 2.24) is 14.9 Å². The van der Waals surface area contributed by atoms with Crippen molar-refractivity contribution in [1.29, 1.82) is 0 Å². The summed E-state index contributed by atoms with van der Waals surface area (Å²) in [7, 11) is 2.16. The number of hydrogen-bond donors (Lipinski definition) is 2. The predicted molar refractivity (Wildman–Crippen MR) is 139 cm³/mol. The lowest BCUT2D eigenvalue weighted by atomic mass is 10.1. The molecule has 0 spiro atoms. The highest BCUT2D eigenvalue weighted by molar-refractivity contribution is 6.32. The number of ketones is 1. The van der Waals surface area contributed by atoms with Gasteiger partial charge in [-0.25, -0.2) is 4.98 Å². The van der Waals surface area contributed by atoms with E-state index in [1.54, 1.807) is 6.20 Å². The number of likely N-dealkylation sites (N-methyl/N-ethyl adjacent to an activating group) is 1. The Morgan fingerprint density at radius 2 is 1.85 bits per heavy atom. The molecule has 0 saturated carbocycles. The van der Waals surface area contributed by atoms with E-state index >= 15 is 0 Å². The van der Waals surface area contributed by atoms with E-state index in [0.29, 0.717) is 29.8 Å². The van der Waals surface area contributed by atoms with Crippen molar-refractivity contribution in [3.05, 3.63) is 83.5 Å². The van der Waals surface area contributed by atoms with Gasteiger partial charge in [0.2, 0.25) is 5.95 Å². The van der Waals surface area contributed by atoms with Crippen molar-refractivity contribution < 1.29 is 4.79 Å². The average Bonchev–Trinajstić information content (AvgIpc) is 2.85. The van der Waals surface area contributed by atoms with E-state index in [4.69, 9.17) is 11.6 Å². The third kappa shape index (κ3) is 6.34. The Balaban J connectivity index is 1.38. The number of carbonyl (C=O) groups is 1. The Bertz CT molecular complexity index is 1140. The van der Waals surface area contributed by atoms with Crippen LogP contribution in [0.15, 0.2) is 67.4 Å². The molecule has 1 aliphatic heterocycles. The second kappa shape index (κ2) is 11.1. The second-order valence-corrected chi connectivity index (χ2v) is 8.78. The SMILES string of the molecule is C=CC(=O)Cc1cccc(CNc2nc(Nc3ccc(N4CCN(C)CC4)cc3)ncc2Cl)c1. The molecular weight excluding hydrogens is 448 g/mol. The minimum Gasteiger partial charge on any atom is -0.369 e. The number of nitrogens with one attached hydrogen (secondary N) is 2. The highest BCUT2D eigenvalue weighted by atomic mass is 35.5. The maximum absolute atomic E-state index is 11.6. The number of hydrogen-bond acceptors (Lipinski definition) is 7. The Morgan fingerprint density at radius 3 is 2.59 bits per heavy atom. The number of anilines is 4. The van der Waals surface area contributed by atoms with Gasteiger partial charge in [0.1, 0.15) is 5.02 Å². The van der Waals surface area contributed by atoms with E-state index in [0.717, 1.165) is 43.0 Å². The molecule has 0 bridgehead atoms. The number of nitrogens with zero attached hydrogens (tertiary/aromatic N) is 4. The van der Waals surface area contributed by atoms with Crippen molar-refractivity contribution in [3.8, 4) is 0 Å². The van der Waals surface area contributed by atoms with Crippen molar-refractivity contribution >= 4 is 40.5 Å². The largest absolute Gasteiger partial charge is 0.369 e. The van der Waals surface area contributed by atoms with Crippen LogP contribution in [0.2, 0.25) is 5.02 Å². The van der Waals surface area contributed by atoms with E-state index in [1.165, 1.54) is 11.8 Å². The van der Waals surface area contributed by atoms with E-state index in [2.05, 4.69) is 56.2 Å². The number of carbonyl (C=O) groups excluding carboxylic acids is 1. The Labute approximate surface area is 205 Å². The fourth-order valence-corrected chi connectivity index (χ4v) is 3.97. The molecule has 2 aromatic carbocycles. The second-order valence-electron chi connectivity index (χ2n) is 8.37. The summed E-state index contributed by atoms with van der Waals surface area (Å²) in [6, 6.07) is 16.2. The zero-order valence-corrected chi connectivity index (χ0v) is 20.1. The van der Waals surface area contributed by atoms with Crippen LogP contribution in [-0.4, -0.2) is 53.9 Å². The maximum Gasteiger partial charge on any atom is 0.229 e. The number of piperazine rings is 1. The van der Waals surface area contributed by atoms with Gasteiger partial charge in [0.25, 0.3) is 0 Å². The van der Waals surface area contributed by atoms with Crippen molar-refractivity contribution in [2.24, 2.45) is 0 Å². The molecule has 0 atom stereocenters. The Hall–Kier alpha value is -3.42. The van der Waals surface area contributed by atoms with Gasteiger partial charge >= 0.3 is 0 Å². The third-order valence-corrected chi connectivity index (χ3v) is 6.07. The molecule has 2 N–H and O–H groups in total. The molecule has 4 rings (SSSR count). The highest BCUT2D eigenvalue weighted by Gasteiger charge is 2.14. The number of aromatic nitrogens is 2. The van der Waals surface area contributed by atoms with Crippen LogP contribution >= 0.6 is 11.6 Å². The number of rotatable bonds is 9. The fourth-order valence-electron chi connectivity index (χ4n) is 3.81. The topological polar surface area (TPSA) is 73.4 Å². The summed E-state index contributed by atoms with van der Waals surface area (Å²) in [4.78, 5) is 25.2. The van der Waals surface area contributed by atoms with Gasteiger partial charge in [-0.3, -0.25) is 4.79 Å². The minimum absolute atomic E-state index is 0.00349. The zero-order valence-electron chi connectivity index (χ0n) is 19.3. The highest BCUT2D eigenvalue weighted by Crippen LogP contribution is 2.24. The van der Waals surface area contributed by atoms with Crippen LogP contribution in [0.4, 0.5) is 23.1 Å². The first-order valence-electron chi connectivity index (χ1n) is 11.3. The van der Waals surface area contributed by atoms with Gasteiger partial charge < -0.3 is 20.4 Å². The predicted octanol–water partition coefficient (Wildman–Crippen LogP) is 4.54. The van der Waals surface area contributed by atoms with Crippen molar-refractivity contribution in [2.75, 3.05) is 48.8 Å². The van der Waals surface area contributed by atoms with Crippen molar-refractivity contribution in [2.45, 2.75) is 13.0 Å². The summed E-state index contributed by atoms with van der Waals surface area (Å²) in [5.74, 6) is 1.00. The van der Waals surface area contributed by atoms with Gasteiger partial charge in [-0.15, -0.1) is 0 Å². The van der Waals surface area contributed by atoms with Crippen molar-refractivity contribution in [3.63, 3.8) is 0 Å². The van der Waals surface area contributed by atoms with Gasteiger partial charge in [-0.1, -0.05) is 42.4 Å². The summed E-state index contributed by atoms with van der Waals surface area (Å²) >= 11 is 6.32. The standard InChI is InChI=1S/C26H29ClN6O/c1-3-23(34)16-19-5-4-6-20(15-19)17-28-25-24(27)18-29-26(31-25)30-21-7-9-22(10-8-21)33-13-11-32(2)12-14-33/h3-10,15,18H,1,11-14,16-17H2,2H3,(H2,28,29,30,31). The molecule has 0 radical (unpaired) electrons. The first-order chi connectivity index (χ1) is 16.5. The lowest BCUT2D eigenvalue weighted by Crippen LogP contribution is -2.44. The van der Waals surface area contributed by atoms with Crippen LogP contribution in [0.5, 0.6) is 0 Å². The fraction of sp³-hybridized carbons (Fsp3) is 0.269. The Morgan fingerprint density at radius 1 is 1.12 bits per heavy atom. The molecule has 0 unspecified atom stereocenters. The van der Waals surface area contributed by atoms with E-state index in [9.17, 15) is 4.79 Å². The number of allylic oxidation sites excluding steroid dienone is 1. The van der Waals surface area contributed by atoms with Gasteiger partial charge in [-0.05, 0) is 48.5 Å². The maximum atomic E-state index is 11.6. The molecule has 0 aliphatic carbocycles. The smallest absolute Gasteiger partial charge is 0.229 e. The molecule has 3 aromatic rings. The van der Waals surface area contributed by atoms with Gasteiger partial charge in [-0.2, -0.15) is 4.98 Å². The first-order valence-corrected chi connectivity index (χ1v) is 11.7. The monoisotopic (exact) mass is 476 g/mol. The van der Waals surface area contributed by atoms with Crippen LogP contribution in [0.3, 0.4) is 0 Å². The molecule has 1 saturated heterocycles. The number of halogens is 1. The molecule has 7 nitrogen and oxygen atoms in total. The normalized spacial score (nSPS) is 14.0. The molecule has 1 aliphatic rings. The summed E-state index contributed by atoms with van der Waals surface area (Å²) in [5.41, 5.74) is 4.10.